The van der Waals surface area contributed by atoms with E-state index < -0.39 is 18.5 Å². The summed E-state index contributed by atoms with van der Waals surface area (Å²) in [7, 11) is 0. The van der Waals surface area contributed by atoms with Crippen LogP contribution in [0.25, 0.3) is 0 Å². The molecular formula is C20H18ClF6NO3S. The van der Waals surface area contributed by atoms with Crippen molar-refractivity contribution in [2.45, 2.75) is 36.0 Å². The number of hydrogen-bond acceptors (Lipinski definition) is 4. The minimum Gasteiger partial charge on any atom is -0.475 e. The van der Waals surface area contributed by atoms with Gasteiger partial charge in [-0.25, -0.2) is 4.79 Å². The third-order valence-electron chi connectivity index (χ3n) is 4.19. The summed E-state index contributed by atoms with van der Waals surface area (Å²) in [5, 5.41) is 11.2. The van der Waals surface area contributed by atoms with E-state index in [9.17, 15) is 26.3 Å². The van der Waals surface area contributed by atoms with Crippen LogP contribution in [0, 0.1) is 0 Å². The number of halogens is 7. The van der Waals surface area contributed by atoms with Gasteiger partial charge < -0.3 is 15.2 Å². The number of ether oxygens (including phenoxy) is 1. The van der Waals surface area contributed by atoms with Crippen LogP contribution < -0.4 is 10.1 Å². The second-order valence-corrected chi connectivity index (χ2v) is 7.94. The molecule has 0 saturated carbocycles. The molecule has 0 unspecified atom stereocenters. The van der Waals surface area contributed by atoms with E-state index in [1.165, 1.54) is 23.3 Å². The molecule has 3 rings (SSSR count). The lowest BCUT2D eigenvalue weighted by atomic mass is 10.0. The molecule has 0 bridgehead atoms. The first-order valence-corrected chi connectivity index (χ1v) is 10.5. The molecule has 0 spiro atoms. The molecule has 176 valence electrons. The average Bonchev–Trinajstić information content (AvgIpc) is 2.91. The van der Waals surface area contributed by atoms with Gasteiger partial charge in [0.05, 0.1) is 5.02 Å². The van der Waals surface area contributed by atoms with Crippen LogP contribution in [0.15, 0.2) is 41.3 Å². The van der Waals surface area contributed by atoms with Crippen LogP contribution in [0.3, 0.4) is 0 Å². The number of nitrogens with one attached hydrogen (secondary N) is 1. The minimum absolute atomic E-state index is 0.201. The molecular weight excluding hydrogens is 484 g/mol. The molecule has 1 aliphatic rings. The van der Waals surface area contributed by atoms with Crippen molar-refractivity contribution in [1.29, 1.82) is 0 Å². The summed E-state index contributed by atoms with van der Waals surface area (Å²) in [4.78, 5) is 9.91. The van der Waals surface area contributed by atoms with Gasteiger partial charge in [-0.1, -0.05) is 29.8 Å². The summed E-state index contributed by atoms with van der Waals surface area (Å²) in [5.74, 6) is -2.43. The minimum atomic E-state index is -5.08. The zero-order chi connectivity index (χ0) is 23.9. The van der Waals surface area contributed by atoms with Gasteiger partial charge in [0.1, 0.15) is 5.75 Å². The Bertz CT molecular complexity index is 937. The first kappa shape index (κ1) is 26.1. The zero-order valence-electron chi connectivity index (χ0n) is 16.3. The van der Waals surface area contributed by atoms with Crippen LogP contribution in [0.4, 0.5) is 26.3 Å². The molecule has 4 nitrogen and oxygen atoms in total. The molecule has 1 heterocycles. The van der Waals surface area contributed by atoms with E-state index in [1.54, 1.807) is 23.9 Å². The molecule has 32 heavy (non-hydrogen) atoms. The highest BCUT2D eigenvalue weighted by Gasteiger charge is 2.38. The molecule has 0 amide bonds. The quantitative estimate of drug-likeness (QED) is 0.406. The van der Waals surface area contributed by atoms with Crippen LogP contribution in [0.5, 0.6) is 5.75 Å². The first-order chi connectivity index (χ1) is 14.9. The lowest BCUT2D eigenvalue weighted by molar-refractivity contribution is -0.274. The normalized spacial score (nSPS) is 14.0. The largest absolute Gasteiger partial charge is 0.573 e. The van der Waals surface area contributed by atoms with Crippen LogP contribution in [0.2, 0.25) is 5.02 Å². The molecule has 0 radical (unpaired) electrons. The van der Waals surface area contributed by atoms with Gasteiger partial charge in [-0.3, -0.25) is 0 Å². The van der Waals surface area contributed by atoms with Crippen molar-refractivity contribution in [2.75, 3.05) is 13.1 Å². The second kappa shape index (κ2) is 11.2. The number of carbonyl (C=O) groups is 1. The van der Waals surface area contributed by atoms with Crippen LogP contribution in [-0.2, 0) is 23.4 Å². The Morgan fingerprint density at radius 3 is 2.38 bits per heavy atom. The summed E-state index contributed by atoms with van der Waals surface area (Å²) in [6.07, 6.45) is -7.91. The zero-order valence-corrected chi connectivity index (χ0v) is 17.9. The SMILES string of the molecule is FC(F)(F)Oc1cccc(CSc2c(Cl)ccc3c2CCNCC3)c1.O=C(O)C(F)(F)F. The lowest BCUT2D eigenvalue weighted by Gasteiger charge is -2.14. The van der Waals surface area contributed by atoms with Gasteiger partial charge in [-0.05, 0) is 60.8 Å². The van der Waals surface area contributed by atoms with Crippen molar-refractivity contribution >= 4 is 29.3 Å². The van der Waals surface area contributed by atoms with E-state index in [1.807, 2.05) is 6.07 Å². The predicted molar refractivity (Wildman–Crippen MR) is 108 cm³/mol. The highest BCUT2D eigenvalue weighted by atomic mass is 35.5. The second-order valence-electron chi connectivity index (χ2n) is 6.55. The van der Waals surface area contributed by atoms with Crippen molar-refractivity contribution in [3.8, 4) is 5.75 Å². The fourth-order valence-corrected chi connectivity index (χ4v) is 4.30. The predicted octanol–water partition coefficient (Wildman–Crippen LogP) is 5.85. The van der Waals surface area contributed by atoms with Crippen LogP contribution >= 0.6 is 23.4 Å². The molecule has 0 atom stereocenters. The number of benzene rings is 2. The highest BCUT2D eigenvalue weighted by Crippen LogP contribution is 2.36. The topological polar surface area (TPSA) is 58.6 Å². The molecule has 2 aromatic rings. The average molecular weight is 502 g/mol. The Balaban J connectivity index is 0.000000451. The molecule has 12 heteroatoms. The van der Waals surface area contributed by atoms with Gasteiger partial charge in [-0.2, -0.15) is 13.2 Å². The Morgan fingerprint density at radius 2 is 1.75 bits per heavy atom. The fourth-order valence-electron chi connectivity index (χ4n) is 2.85. The van der Waals surface area contributed by atoms with E-state index in [4.69, 9.17) is 21.5 Å². The Labute approximate surface area is 188 Å². The van der Waals surface area contributed by atoms with E-state index >= 15 is 0 Å². The van der Waals surface area contributed by atoms with Crippen molar-refractivity contribution < 1.29 is 41.0 Å². The number of fused-ring (bicyclic) bond motifs is 1. The molecule has 0 aromatic heterocycles. The van der Waals surface area contributed by atoms with E-state index in [0.717, 1.165) is 36.4 Å². The standard InChI is InChI=1S/C18H17ClF3NOS.C2HF3O2/c19-16-5-4-13-6-8-23-9-7-15(13)17(16)25-11-12-2-1-3-14(10-12)24-18(20,21)22;3-2(4,5)1(6)7/h1-5,10,23H,6-9,11H2;(H,6,7). The van der Waals surface area contributed by atoms with E-state index in [-0.39, 0.29) is 5.75 Å². The summed E-state index contributed by atoms with van der Waals surface area (Å²) >= 11 is 7.94. The molecule has 2 N–H and O–H groups in total. The lowest BCUT2D eigenvalue weighted by Crippen LogP contribution is -2.21. The summed E-state index contributed by atoms with van der Waals surface area (Å²) in [5.41, 5.74) is 3.28. The number of carboxylic acids is 1. The van der Waals surface area contributed by atoms with E-state index in [2.05, 4.69) is 16.1 Å². The molecule has 0 fully saturated rings. The maximum absolute atomic E-state index is 12.4. The maximum atomic E-state index is 12.4. The Morgan fingerprint density at radius 1 is 1.09 bits per heavy atom. The number of thioether (sulfide) groups is 1. The van der Waals surface area contributed by atoms with Gasteiger partial charge in [0.15, 0.2) is 0 Å². The molecule has 1 aliphatic heterocycles. The van der Waals surface area contributed by atoms with Crippen molar-refractivity contribution in [3.05, 3.63) is 58.1 Å². The van der Waals surface area contributed by atoms with Gasteiger partial charge in [0.25, 0.3) is 0 Å². The highest BCUT2D eigenvalue weighted by molar-refractivity contribution is 7.98. The van der Waals surface area contributed by atoms with Gasteiger partial charge in [-0.15, -0.1) is 24.9 Å². The van der Waals surface area contributed by atoms with Gasteiger partial charge >= 0.3 is 18.5 Å². The summed E-state index contributed by atoms with van der Waals surface area (Å²) < 4.78 is 72.8. The number of aliphatic carboxylic acids is 1. The molecule has 0 saturated heterocycles. The van der Waals surface area contributed by atoms with Gasteiger partial charge in [0, 0.05) is 10.6 Å². The van der Waals surface area contributed by atoms with Crippen molar-refractivity contribution in [3.63, 3.8) is 0 Å². The third-order valence-corrected chi connectivity index (χ3v) is 5.85. The van der Waals surface area contributed by atoms with Gasteiger partial charge in [0.2, 0.25) is 0 Å². The number of rotatable bonds is 4. The number of alkyl halides is 6. The summed E-state index contributed by atoms with van der Waals surface area (Å²) in [6, 6.07) is 10.0. The van der Waals surface area contributed by atoms with Crippen LogP contribution in [0.1, 0.15) is 16.7 Å². The fraction of sp³-hybridized carbons (Fsp3) is 0.350. The summed E-state index contributed by atoms with van der Waals surface area (Å²) in [6.45, 7) is 1.84. The smallest absolute Gasteiger partial charge is 0.475 e. The Kier molecular flexibility index (Phi) is 9.11. The molecule has 0 aliphatic carbocycles. The Hall–Kier alpha value is -2.11. The number of hydrogen-bond donors (Lipinski definition) is 2. The maximum Gasteiger partial charge on any atom is 0.573 e. The third kappa shape index (κ3) is 8.44. The van der Waals surface area contributed by atoms with Crippen molar-refractivity contribution in [2.24, 2.45) is 0 Å². The molecule has 2 aromatic carbocycles. The number of carboxylic acid groups (broad SMARTS) is 1. The monoisotopic (exact) mass is 501 g/mol. The first-order valence-electron chi connectivity index (χ1n) is 9.15. The van der Waals surface area contributed by atoms with Crippen LogP contribution in [-0.4, -0.2) is 36.7 Å². The van der Waals surface area contributed by atoms with Crippen molar-refractivity contribution in [1.82, 2.24) is 5.32 Å². The van der Waals surface area contributed by atoms with E-state index in [0.29, 0.717) is 10.8 Å².